The van der Waals surface area contributed by atoms with Crippen molar-refractivity contribution < 1.29 is 9.72 Å². The summed E-state index contributed by atoms with van der Waals surface area (Å²) in [5.41, 5.74) is 0.841. The fourth-order valence-electron chi connectivity index (χ4n) is 1.70. The van der Waals surface area contributed by atoms with Crippen LogP contribution in [0, 0.1) is 22.0 Å². The molecule has 0 bridgehead atoms. The molecule has 0 aliphatic heterocycles. The first-order valence-corrected chi connectivity index (χ1v) is 6.71. The molecule has 0 aromatic heterocycles. The second-order valence-electron chi connectivity index (χ2n) is 4.30. The summed E-state index contributed by atoms with van der Waals surface area (Å²) >= 11 is 5.84. The normalized spacial score (nSPS) is 9.50. The van der Waals surface area contributed by atoms with E-state index in [-0.39, 0.29) is 17.8 Å². The van der Waals surface area contributed by atoms with Gasteiger partial charge in [0.2, 0.25) is 0 Å². The highest BCUT2D eigenvalue weighted by Crippen LogP contribution is 2.12. The molecule has 0 radical (unpaired) electrons. The molecule has 0 spiro atoms. The molecule has 22 heavy (non-hydrogen) atoms. The van der Waals surface area contributed by atoms with Crippen LogP contribution in [-0.2, 0) is 0 Å². The zero-order chi connectivity index (χ0) is 15.9. The van der Waals surface area contributed by atoms with Crippen LogP contribution in [-0.4, -0.2) is 17.4 Å². The summed E-state index contributed by atoms with van der Waals surface area (Å²) in [4.78, 5) is 22.0. The van der Waals surface area contributed by atoms with Crippen molar-refractivity contribution in [3.05, 3.63) is 74.8 Å². The van der Waals surface area contributed by atoms with Crippen molar-refractivity contribution in [1.29, 1.82) is 0 Å². The van der Waals surface area contributed by atoms with E-state index < -0.39 is 10.8 Å². The summed E-state index contributed by atoms with van der Waals surface area (Å²) in [5, 5.41) is 13.8. The number of nitrogens with one attached hydrogen (secondary N) is 1. The molecule has 0 saturated heterocycles. The molecule has 1 amide bonds. The first-order chi connectivity index (χ1) is 10.6. The van der Waals surface area contributed by atoms with E-state index in [0.29, 0.717) is 5.02 Å². The Hall–Kier alpha value is -2.84. The number of carbonyl (C=O) groups is 1. The van der Waals surface area contributed by atoms with Gasteiger partial charge in [0.15, 0.2) is 0 Å². The van der Waals surface area contributed by atoms with E-state index in [4.69, 9.17) is 11.6 Å². The van der Waals surface area contributed by atoms with E-state index in [1.54, 1.807) is 24.3 Å². The average Bonchev–Trinajstić information content (AvgIpc) is 2.51. The third-order valence-electron chi connectivity index (χ3n) is 2.71. The standard InChI is InChI=1S/C16H11ClN2O3/c17-14-7-1-4-12(10-14)5-3-9-18-16(20)13-6-2-8-15(11-13)19(21)22/h1-2,4,6-8,10-11H,9H2,(H,18,20). The van der Waals surface area contributed by atoms with Crippen LogP contribution in [0.4, 0.5) is 5.69 Å². The number of non-ortho nitro benzene ring substituents is 1. The molecule has 0 aliphatic carbocycles. The van der Waals surface area contributed by atoms with Gasteiger partial charge in [0, 0.05) is 28.3 Å². The van der Waals surface area contributed by atoms with Gasteiger partial charge in [-0.25, -0.2) is 0 Å². The van der Waals surface area contributed by atoms with Gasteiger partial charge in [-0.3, -0.25) is 14.9 Å². The maximum absolute atomic E-state index is 11.9. The maximum atomic E-state index is 11.9. The Morgan fingerprint density at radius 2 is 2.00 bits per heavy atom. The Morgan fingerprint density at radius 1 is 1.23 bits per heavy atom. The number of rotatable bonds is 3. The number of carbonyl (C=O) groups excluding carboxylic acids is 1. The SMILES string of the molecule is O=C(NCC#Cc1cccc(Cl)c1)c1cccc([N+](=O)[O-])c1. The van der Waals surface area contributed by atoms with Gasteiger partial charge in [-0.2, -0.15) is 0 Å². The van der Waals surface area contributed by atoms with Crippen molar-refractivity contribution >= 4 is 23.2 Å². The van der Waals surface area contributed by atoms with Gasteiger partial charge < -0.3 is 5.32 Å². The summed E-state index contributed by atoms with van der Waals surface area (Å²) in [6.45, 7) is 0.133. The molecule has 0 fully saturated rings. The molecule has 0 atom stereocenters. The molecule has 2 aromatic rings. The zero-order valence-electron chi connectivity index (χ0n) is 11.4. The van der Waals surface area contributed by atoms with E-state index in [1.165, 1.54) is 24.3 Å². The van der Waals surface area contributed by atoms with Crippen LogP contribution < -0.4 is 5.32 Å². The van der Waals surface area contributed by atoms with Crippen LogP contribution in [0.1, 0.15) is 15.9 Å². The number of nitrogens with zero attached hydrogens (tertiary/aromatic N) is 1. The molecule has 5 nitrogen and oxygen atoms in total. The van der Waals surface area contributed by atoms with Gasteiger partial charge in [0.25, 0.3) is 11.6 Å². The van der Waals surface area contributed by atoms with Crippen LogP contribution in [0.25, 0.3) is 0 Å². The van der Waals surface area contributed by atoms with E-state index in [1.807, 2.05) is 0 Å². The van der Waals surface area contributed by atoms with Gasteiger partial charge in [-0.15, -0.1) is 0 Å². The molecule has 2 rings (SSSR count). The quantitative estimate of drug-likeness (QED) is 0.537. The monoisotopic (exact) mass is 314 g/mol. The second-order valence-corrected chi connectivity index (χ2v) is 4.74. The fraction of sp³-hybridized carbons (Fsp3) is 0.0625. The Balaban J connectivity index is 1.96. The lowest BCUT2D eigenvalue weighted by Gasteiger charge is -2.01. The highest BCUT2D eigenvalue weighted by molar-refractivity contribution is 6.30. The van der Waals surface area contributed by atoms with Crippen molar-refractivity contribution in [3.8, 4) is 11.8 Å². The third kappa shape index (κ3) is 4.33. The minimum absolute atomic E-state index is 0.127. The summed E-state index contributed by atoms with van der Waals surface area (Å²) in [6, 6.07) is 12.6. The Kier molecular flexibility index (Phi) is 5.12. The van der Waals surface area contributed by atoms with Crippen LogP contribution in [0.3, 0.4) is 0 Å². The van der Waals surface area contributed by atoms with Gasteiger partial charge in [0.05, 0.1) is 11.5 Å². The number of nitro benzene ring substituents is 1. The first kappa shape index (κ1) is 15.5. The number of hydrogen-bond acceptors (Lipinski definition) is 3. The van der Waals surface area contributed by atoms with Crippen molar-refractivity contribution in [2.75, 3.05) is 6.54 Å². The van der Waals surface area contributed by atoms with Crippen molar-refractivity contribution in [2.45, 2.75) is 0 Å². The fourth-order valence-corrected chi connectivity index (χ4v) is 1.89. The molecule has 1 N–H and O–H groups in total. The maximum Gasteiger partial charge on any atom is 0.270 e. The molecule has 0 aliphatic rings. The molecular formula is C16H11ClN2O3. The molecule has 0 heterocycles. The summed E-state index contributed by atoms with van der Waals surface area (Å²) in [6.07, 6.45) is 0. The van der Waals surface area contributed by atoms with Crippen LogP contribution >= 0.6 is 11.6 Å². The summed E-state index contributed by atoms with van der Waals surface area (Å²) in [7, 11) is 0. The Bertz CT molecular complexity index is 778. The first-order valence-electron chi connectivity index (χ1n) is 6.33. The molecule has 0 saturated carbocycles. The van der Waals surface area contributed by atoms with Gasteiger partial charge >= 0.3 is 0 Å². The molecular weight excluding hydrogens is 304 g/mol. The number of nitro groups is 1. The van der Waals surface area contributed by atoms with Crippen LogP contribution in [0.5, 0.6) is 0 Å². The molecule has 0 unspecified atom stereocenters. The number of halogens is 1. The van der Waals surface area contributed by atoms with E-state index in [9.17, 15) is 14.9 Å². The van der Waals surface area contributed by atoms with Gasteiger partial charge in [-0.1, -0.05) is 35.6 Å². The topological polar surface area (TPSA) is 72.2 Å². The Morgan fingerprint density at radius 3 is 2.73 bits per heavy atom. The lowest BCUT2D eigenvalue weighted by atomic mass is 10.2. The predicted octanol–water partition coefficient (Wildman–Crippen LogP) is 3.03. The lowest BCUT2D eigenvalue weighted by molar-refractivity contribution is -0.384. The van der Waals surface area contributed by atoms with Crippen LogP contribution in [0.2, 0.25) is 5.02 Å². The van der Waals surface area contributed by atoms with Crippen LogP contribution in [0.15, 0.2) is 48.5 Å². The van der Waals surface area contributed by atoms with Gasteiger partial charge in [-0.05, 0) is 24.3 Å². The van der Waals surface area contributed by atoms with Gasteiger partial charge in [0.1, 0.15) is 0 Å². The predicted molar refractivity (Wildman–Crippen MR) is 83.8 cm³/mol. The second kappa shape index (κ2) is 7.25. The van der Waals surface area contributed by atoms with E-state index in [0.717, 1.165) is 5.56 Å². The van der Waals surface area contributed by atoms with E-state index >= 15 is 0 Å². The minimum atomic E-state index is -0.546. The largest absolute Gasteiger partial charge is 0.341 e. The molecule has 110 valence electrons. The third-order valence-corrected chi connectivity index (χ3v) is 2.95. The van der Waals surface area contributed by atoms with E-state index in [2.05, 4.69) is 17.2 Å². The summed E-state index contributed by atoms with van der Waals surface area (Å²) in [5.74, 6) is 5.24. The number of benzene rings is 2. The number of hydrogen-bond donors (Lipinski definition) is 1. The average molecular weight is 315 g/mol. The zero-order valence-corrected chi connectivity index (χ0v) is 12.1. The molecule has 2 aromatic carbocycles. The highest BCUT2D eigenvalue weighted by Gasteiger charge is 2.10. The minimum Gasteiger partial charge on any atom is -0.341 e. The number of amides is 1. The summed E-state index contributed by atoms with van der Waals surface area (Å²) < 4.78 is 0. The van der Waals surface area contributed by atoms with Crippen molar-refractivity contribution in [1.82, 2.24) is 5.32 Å². The smallest absolute Gasteiger partial charge is 0.270 e. The highest BCUT2D eigenvalue weighted by atomic mass is 35.5. The Labute approximate surface area is 132 Å². The molecule has 6 heteroatoms. The van der Waals surface area contributed by atoms with Crippen molar-refractivity contribution in [2.24, 2.45) is 0 Å². The van der Waals surface area contributed by atoms with Crippen molar-refractivity contribution in [3.63, 3.8) is 0 Å². The lowest BCUT2D eigenvalue weighted by Crippen LogP contribution is -2.23.